The fourth-order valence-corrected chi connectivity index (χ4v) is 12.7. The lowest BCUT2D eigenvalue weighted by Gasteiger charge is -2.26. The molecule has 0 spiro atoms. The average molecular weight is 1530 g/mol. The number of aliphatic imine (C=N–C) groups is 1. The van der Waals surface area contributed by atoms with E-state index in [1.165, 1.54) is 0 Å². The van der Waals surface area contributed by atoms with Crippen LogP contribution in [0.1, 0.15) is 145 Å². The SMILES string of the molecule is C#CCOCCOCCOCCOCCNC(=O)[C@H](CCC(=O)NCCCC[C@@H]1NC(=O)[C@@H](Cc2ccccc2)NC(=O)[C@H](CC(=O)OC(C)(C)C)NC(=O)CNC(=O)[C@H](CCCN=C(N)NS(=O)(=O)c2c(C)c(C)c3c(c2C)CC(C)(C)O3)NC1=O)NC(=O)c1cc(OC(C)=O)c(OC(C)=O)c(OC(C)=O)c1. The van der Waals surface area contributed by atoms with Gasteiger partial charge in [-0.2, -0.15) is 0 Å². The summed E-state index contributed by atoms with van der Waals surface area (Å²) in [5.41, 5.74) is 7.17. The van der Waals surface area contributed by atoms with Crippen LogP contribution < -0.4 is 71.9 Å². The zero-order valence-corrected chi connectivity index (χ0v) is 63.7. The molecule has 1 fully saturated rings. The maximum absolute atomic E-state index is 14.7. The molecule has 0 unspecified atom stereocenters. The van der Waals surface area contributed by atoms with Crippen molar-refractivity contribution in [2.45, 2.75) is 187 Å². The Hall–Kier alpha value is -10.3. The first-order chi connectivity index (χ1) is 51.0. The number of guanidine groups is 1. The number of unbranched alkanes of at least 4 members (excludes halogenated alkanes) is 1. The number of carbonyl (C=O) groups excluding carboxylic acids is 12. The Morgan fingerprint density at radius 1 is 0.704 bits per heavy atom. The van der Waals surface area contributed by atoms with Crippen molar-refractivity contribution in [2.75, 3.05) is 79.0 Å². The summed E-state index contributed by atoms with van der Waals surface area (Å²) in [7, 11) is -4.32. The summed E-state index contributed by atoms with van der Waals surface area (Å²) in [5.74, 6) is -9.56. The van der Waals surface area contributed by atoms with Crippen LogP contribution in [0.5, 0.6) is 23.0 Å². The van der Waals surface area contributed by atoms with Crippen LogP contribution in [0.3, 0.4) is 0 Å². The summed E-state index contributed by atoms with van der Waals surface area (Å²) in [6.45, 7) is 17.4. The molecule has 0 bridgehead atoms. The zero-order chi connectivity index (χ0) is 79.9. The topological polar surface area (TPSA) is 469 Å². The van der Waals surface area contributed by atoms with Crippen molar-refractivity contribution < 1.29 is 109 Å². The Labute approximate surface area is 628 Å². The summed E-state index contributed by atoms with van der Waals surface area (Å²) >= 11 is 0. The number of carbonyl (C=O) groups is 12. The number of sulfonamides is 1. The number of ether oxygens (including phenoxy) is 9. The number of benzene rings is 3. The van der Waals surface area contributed by atoms with E-state index in [2.05, 4.69) is 58.2 Å². The molecule has 35 heteroatoms. The number of fused-ring (bicyclic) bond motifs is 1. The highest BCUT2D eigenvalue weighted by Crippen LogP contribution is 2.44. The van der Waals surface area contributed by atoms with Crippen molar-refractivity contribution >= 4 is 87.1 Å². The molecule has 0 saturated carbocycles. The number of esters is 4. The minimum Gasteiger partial charge on any atom is -0.487 e. The number of hydrogen-bond donors (Lipinski definition) is 10. The molecule has 2 heterocycles. The van der Waals surface area contributed by atoms with Crippen molar-refractivity contribution in [1.82, 2.24) is 47.3 Å². The normalized spacial score (nSPS) is 17.2. The fraction of sp³-hybridized carbons (Fsp3) is 0.548. The van der Waals surface area contributed by atoms with Gasteiger partial charge in [-0.15, -0.1) is 6.42 Å². The number of amides is 8. The maximum Gasteiger partial charge on any atom is 0.308 e. The van der Waals surface area contributed by atoms with E-state index in [4.69, 9.17) is 54.8 Å². The van der Waals surface area contributed by atoms with E-state index in [9.17, 15) is 66.0 Å². The zero-order valence-electron chi connectivity index (χ0n) is 62.9. The molecule has 5 rings (SSSR count). The van der Waals surface area contributed by atoms with Crippen molar-refractivity contribution in [3.63, 3.8) is 0 Å². The Bertz CT molecular complexity index is 3870. The molecule has 2 aliphatic rings. The van der Waals surface area contributed by atoms with Gasteiger partial charge in [0.15, 0.2) is 11.5 Å². The quantitative estimate of drug-likeness (QED) is 0.00968. The van der Waals surface area contributed by atoms with E-state index < -0.39 is 159 Å². The Kier molecular flexibility index (Phi) is 35.1. The number of nitrogens with one attached hydrogen (secondary N) is 9. The number of rotatable bonds is 37. The van der Waals surface area contributed by atoms with Crippen LogP contribution in [0.4, 0.5) is 0 Å². The van der Waals surface area contributed by atoms with Gasteiger partial charge in [-0.05, 0) is 128 Å². The molecule has 8 amide bonds. The van der Waals surface area contributed by atoms with Crippen LogP contribution in [-0.4, -0.2) is 206 Å². The van der Waals surface area contributed by atoms with Gasteiger partial charge >= 0.3 is 23.9 Å². The van der Waals surface area contributed by atoms with E-state index in [0.717, 1.165) is 38.5 Å². The van der Waals surface area contributed by atoms with Gasteiger partial charge in [0.2, 0.25) is 53.1 Å². The predicted octanol–water partition coefficient (Wildman–Crippen LogP) is 1.20. The fourth-order valence-electron chi connectivity index (χ4n) is 11.2. The lowest BCUT2D eigenvalue weighted by atomic mass is 9.94. The van der Waals surface area contributed by atoms with Crippen LogP contribution in [0.15, 0.2) is 52.4 Å². The maximum atomic E-state index is 14.7. The van der Waals surface area contributed by atoms with Crippen LogP contribution in [-0.2, 0) is 99.3 Å². The minimum atomic E-state index is -4.32. The van der Waals surface area contributed by atoms with Crippen molar-refractivity contribution in [3.05, 3.63) is 75.8 Å². The summed E-state index contributed by atoms with van der Waals surface area (Å²) in [4.78, 5) is 167. The Morgan fingerprint density at radius 2 is 1.27 bits per heavy atom. The van der Waals surface area contributed by atoms with Gasteiger partial charge in [-0.3, -0.25) is 62.5 Å². The van der Waals surface area contributed by atoms with Gasteiger partial charge < -0.3 is 90.9 Å². The first-order valence-corrected chi connectivity index (χ1v) is 36.7. The van der Waals surface area contributed by atoms with Gasteiger partial charge in [0.25, 0.3) is 15.9 Å². The second-order valence-corrected chi connectivity index (χ2v) is 28.6. The van der Waals surface area contributed by atoms with Crippen LogP contribution >= 0.6 is 0 Å². The van der Waals surface area contributed by atoms with Crippen molar-refractivity contribution in [1.29, 1.82) is 0 Å². The summed E-state index contributed by atoms with van der Waals surface area (Å²) < 4.78 is 79.2. The molecular weight excluding hydrogens is 1430 g/mol. The summed E-state index contributed by atoms with van der Waals surface area (Å²) in [5, 5.41) is 20.9. The molecule has 11 N–H and O–H groups in total. The molecule has 3 aromatic rings. The van der Waals surface area contributed by atoms with Crippen LogP contribution in [0.2, 0.25) is 0 Å². The summed E-state index contributed by atoms with van der Waals surface area (Å²) in [6.07, 6.45) is 3.89. The standard InChI is InChI=1S/C73H101N11O23S/c1-13-29-99-31-33-101-35-36-102-34-32-100-30-28-76-66(92)54(80-65(91)50-38-57(103-46(5)85)63(105-48(7)87)58(39-50)104-47(6)86)24-25-59(88)75-26-18-17-22-53-68(94)81-52(23-19-27-77-71(74)84-108(97,98)64-44(3)43(2)62-51(45(64)4)41-73(11,12)107-62)67(93)78-42-60(89)79-56(40-61(90)106-72(8,9)10)70(96)83-55(69(95)82-53)37-49-20-15-14-16-21-49/h1,14-16,20-21,38-39,52-56H,17-19,22-37,40-42H2,2-12H3,(H,75,88)(H,76,92)(H,78,93)(H,79,89)(H,80,91)(H,81,94)(H,82,95)(H,83,96)(H3,74,77,84)/t52-,53-,54-,55+,56-/m0/s1. The predicted molar refractivity (Wildman–Crippen MR) is 389 cm³/mol. The molecule has 5 atom stereocenters. The molecule has 0 radical (unpaired) electrons. The molecule has 0 aliphatic carbocycles. The second kappa shape index (κ2) is 42.9. The minimum absolute atomic E-state index is 0.00680. The van der Waals surface area contributed by atoms with Gasteiger partial charge in [-0.25, -0.2) is 13.1 Å². The molecule has 3 aromatic carbocycles. The highest BCUT2D eigenvalue weighted by Gasteiger charge is 2.38. The Morgan fingerprint density at radius 3 is 1.87 bits per heavy atom. The molecule has 2 aliphatic heterocycles. The third kappa shape index (κ3) is 30.2. The van der Waals surface area contributed by atoms with E-state index in [0.29, 0.717) is 54.2 Å². The monoisotopic (exact) mass is 1530 g/mol. The van der Waals surface area contributed by atoms with E-state index in [-0.39, 0.29) is 114 Å². The average Bonchev–Trinajstić information content (AvgIpc) is 1.54. The largest absolute Gasteiger partial charge is 0.487 e. The number of hydrogen-bond acceptors (Lipinski definition) is 24. The van der Waals surface area contributed by atoms with E-state index in [1.54, 1.807) is 71.9 Å². The number of nitrogens with zero attached hydrogens (tertiary/aromatic N) is 1. The highest BCUT2D eigenvalue weighted by molar-refractivity contribution is 7.90. The molecular formula is C73H101N11O23S. The van der Waals surface area contributed by atoms with Gasteiger partial charge in [0, 0.05) is 70.8 Å². The smallest absolute Gasteiger partial charge is 0.308 e. The van der Waals surface area contributed by atoms with Gasteiger partial charge in [-0.1, -0.05) is 36.3 Å². The Balaban J connectivity index is 1.35. The second-order valence-electron chi connectivity index (χ2n) is 26.9. The summed E-state index contributed by atoms with van der Waals surface area (Å²) in [6, 6.07) is 3.02. The third-order valence-corrected chi connectivity index (χ3v) is 17.8. The number of terminal acetylenes is 1. The van der Waals surface area contributed by atoms with Gasteiger partial charge in [0.05, 0.1) is 64.1 Å². The molecule has 34 nitrogen and oxygen atoms in total. The van der Waals surface area contributed by atoms with Crippen molar-refractivity contribution in [3.8, 4) is 35.3 Å². The highest BCUT2D eigenvalue weighted by atomic mass is 32.2. The molecule has 0 aromatic heterocycles. The third-order valence-electron chi connectivity index (χ3n) is 16.2. The molecule has 592 valence electrons. The molecule has 1 saturated heterocycles. The lowest BCUT2D eigenvalue weighted by Crippen LogP contribution is -2.58. The molecule has 108 heavy (non-hydrogen) atoms. The number of nitrogens with two attached hydrogens (primary N) is 1. The van der Waals surface area contributed by atoms with Crippen LogP contribution in [0, 0.1) is 33.1 Å². The first-order valence-electron chi connectivity index (χ1n) is 35.2. The van der Waals surface area contributed by atoms with Crippen molar-refractivity contribution in [2.24, 2.45) is 10.7 Å². The lowest BCUT2D eigenvalue weighted by molar-refractivity contribution is -0.156. The van der Waals surface area contributed by atoms with E-state index in [1.807, 2.05) is 13.8 Å². The van der Waals surface area contributed by atoms with E-state index >= 15 is 0 Å². The van der Waals surface area contributed by atoms with Gasteiger partial charge in [0.1, 0.15) is 53.8 Å². The first kappa shape index (κ1) is 88.3. The van der Waals surface area contributed by atoms with Crippen LogP contribution in [0.25, 0.3) is 0 Å².